The van der Waals surface area contributed by atoms with Crippen molar-refractivity contribution < 1.29 is 14.2 Å². The molecule has 0 spiro atoms. The number of anilines is 2. The fraction of sp³-hybridized carbons (Fsp3) is 0.148. The third-order valence-corrected chi connectivity index (χ3v) is 5.48. The highest BCUT2D eigenvalue weighted by molar-refractivity contribution is 7.80. The van der Waals surface area contributed by atoms with E-state index in [2.05, 4.69) is 15.6 Å². The van der Waals surface area contributed by atoms with E-state index in [1.807, 2.05) is 79.7 Å². The molecule has 8 heteroatoms. The van der Waals surface area contributed by atoms with Crippen molar-refractivity contribution in [3.05, 3.63) is 77.6 Å². The van der Waals surface area contributed by atoms with Crippen LogP contribution in [-0.2, 0) is 0 Å². The number of aromatic nitrogens is 2. The number of fused-ring (bicyclic) bond motifs is 1. The van der Waals surface area contributed by atoms with Gasteiger partial charge in [-0.05, 0) is 67.2 Å². The van der Waals surface area contributed by atoms with E-state index in [1.165, 1.54) is 5.56 Å². The molecule has 0 saturated heterocycles. The number of methoxy groups -OCH3 is 3. The van der Waals surface area contributed by atoms with E-state index in [-0.39, 0.29) is 0 Å². The normalized spacial score (nSPS) is 10.9. The van der Waals surface area contributed by atoms with Crippen molar-refractivity contribution in [3.8, 4) is 17.2 Å². The minimum Gasteiger partial charge on any atom is -0.493 e. The molecule has 0 bridgehead atoms. The molecular formula is C27H26N4O3S. The molecule has 1 aromatic heterocycles. The van der Waals surface area contributed by atoms with Crippen molar-refractivity contribution >= 4 is 51.9 Å². The Morgan fingerprint density at radius 1 is 0.829 bits per heavy atom. The van der Waals surface area contributed by atoms with E-state index in [4.69, 9.17) is 31.4 Å². The van der Waals surface area contributed by atoms with Gasteiger partial charge in [-0.2, -0.15) is 0 Å². The lowest BCUT2D eigenvalue weighted by Crippen LogP contribution is -2.20. The molecule has 1 heterocycles. The van der Waals surface area contributed by atoms with Crippen molar-refractivity contribution in [1.29, 1.82) is 0 Å². The number of rotatable bonds is 7. The Hall–Kier alpha value is -4.17. The number of para-hydroxylation sites is 1. The molecule has 0 fully saturated rings. The molecule has 35 heavy (non-hydrogen) atoms. The smallest absolute Gasteiger partial charge is 0.203 e. The quantitative estimate of drug-likeness (QED) is 0.311. The molecule has 3 aromatic carbocycles. The van der Waals surface area contributed by atoms with Crippen molar-refractivity contribution in [2.75, 3.05) is 32.0 Å². The van der Waals surface area contributed by atoms with E-state index in [0.29, 0.717) is 34.0 Å². The molecule has 0 aliphatic rings. The van der Waals surface area contributed by atoms with Crippen LogP contribution < -0.4 is 24.8 Å². The topological polar surface area (TPSA) is 77.5 Å². The Kier molecular flexibility index (Phi) is 7.42. The van der Waals surface area contributed by atoms with Gasteiger partial charge in [0, 0.05) is 11.1 Å². The fourth-order valence-corrected chi connectivity index (χ4v) is 3.75. The molecule has 178 valence electrons. The van der Waals surface area contributed by atoms with Gasteiger partial charge in [0.05, 0.1) is 26.8 Å². The van der Waals surface area contributed by atoms with Gasteiger partial charge in [0.2, 0.25) is 5.75 Å². The number of ether oxygens (including phenoxy) is 3. The third kappa shape index (κ3) is 5.67. The first kappa shape index (κ1) is 24.0. The first-order chi connectivity index (χ1) is 17.0. The Morgan fingerprint density at radius 3 is 2.17 bits per heavy atom. The van der Waals surface area contributed by atoms with Gasteiger partial charge in [0.1, 0.15) is 5.82 Å². The van der Waals surface area contributed by atoms with Crippen LogP contribution in [0.5, 0.6) is 17.2 Å². The maximum atomic E-state index is 5.54. The van der Waals surface area contributed by atoms with Crippen molar-refractivity contribution in [1.82, 2.24) is 9.97 Å². The number of benzene rings is 3. The molecule has 0 aliphatic carbocycles. The summed E-state index contributed by atoms with van der Waals surface area (Å²) < 4.78 is 16.3. The monoisotopic (exact) mass is 486 g/mol. The van der Waals surface area contributed by atoms with E-state index < -0.39 is 0 Å². The zero-order valence-corrected chi connectivity index (χ0v) is 20.8. The lowest BCUT2D eigenvalue weighted by atomic mass is 10.1. The van der Waals surface area contributed by atoms with Crippen molar-refractivity contribution in [3.63, 3.8) is 0 Å². The molecular weight excluding hydrogens is 460 g/mol. The molecule has 0 aliphatic heterocycles. The number of aryl methyl sites for hydroxylation is 1. The molecule has 0 unspecified atom stereocenters. The zero-order valence-electron chi connectivity index (χ0n) is 20.0. The summed E-state index contributed by atoms with van der Waals surface area (Å²) in [4.78, 5) is 9.39. The highest BCUT2D eigenvalue weighted by atomic mass is 32.1. The first-order valence-corrected chi connectivity index (χ1v) is 11.3. The maximum absolute atomic E-state index is 5.54. The predicted octanol–water partition coefficient (Wildman–Crippen LogP) is 5.94. The molecule has 0 radical (unpaired) electrons. The highest BCUT2D eigenvalue weighted by Gasteiger charge is 2.13. The van der Waals surface area contributed by atoms with Gasteiger partial charge in [0.25, 0.3) is 0 Å². The van der Waals surface area contributed by atoms with Crippen molar-refractivity contribution in [2.45, 2.75) is 6.92 Å². The van der Waals surface area contributed by atoms with Gasteiger partial charge in [-0.1, -0.05) is 35.9 Å². The average Bonchev–Trinajstić information content (AvgIpc) is 2.88. The Balaban J connectivity index is 1.64. The van der Waals surface area contributed by atoms with Crippen LogP contribution in [0.1, 0.15) is 17.0 Å². The van der Waals surface area contributed by atoms with Crippen LogP contribution >= 0.6 is 12.2 Å². The summed E-state index contributed by atoms with van der Waals surface area (Å²) in [5.74, 6) is 2.82. The number of hydrogen-bond donors (Lipinski definition) is 2. The number of nitrogens with zero attached hydrogens (tertiary/aromatic N) is 2. The summed E-state index contributed by atoms with van der Waals surface area (Å²) in [7, 11) is 4.75. The van der Waals surface area contributed by atoms with E-state index in [1.54, 1.807) is 21.3 Å². The lowest BCUT2D eigenvalue weighted by molar-refractivity contribution is 0.324. The second-order valence-electron chi connectivity index (χ2n) is 7.68. The molecule has 0 saturated carbocycles. The molecule has 4 rings (SSSR count). The molecule has 7 nitrogen and oxygen atoms in total. The Bertz CT molecular complexity index is 1360. The van der Waals surface area contributed by atoms with Crippen LogP contribution in [-0.4, -0.2) is 36.4 Å². The van der Waals surface area contributed by atoms with Crippen LogP contribution in [0, 0.1) is 6.92 Å². The largest absolute Gasteiger partial charge is 0.493 e. The van der Waals surface area contributed by atoms with Gasteiger partial charge >= 0.3 is 0 Å². The predicted molar refractivity (Wildman–Crippen MR) is 146 cm³/mol. The van der Waals surface area contributed by atoms with E-state index >= 15 is 0 Å². The second kappa shape index (κ2) is 10.8. The molecule has 2 N–H and O–H groups in total. The van der Waals surface area contributed by atoms with E-state index in [0.717, 1.165) is 22.2 Å². The molecule has 4 aromatic rings. The van der Waals surface area contributed by atoms with Crippen LogP contribution in [0.4, 0.5) is 11.5 Å². The Labute approximate surface area is 209 Å². The summed E-state index contributed by atoms with van der Waals surface area (Å²) in [5.41, 5.74) is 3.73. The Morgan fingerprint density at radius 2 is 1.51 bits per heavy atom. The van der Waals surface area contributed by atoms with Gasteiger partial charge in [-0.15, -0.1) is 0 Å². The summed E-state index contributed by atoms with van der Waals surface area (Å²) in [6.45, 7) is 2.04. The van der Waals surface area contributed by atoms with Gasteiger partial charge in [0.15, 0.2) is 22.4 Å². The van der Waals surface area contributed by atoms with Crippen LogP contribution in [0.15, 0.2) is 60.7 Å². The van der Waals surface area contributed by atoms with Crippen LogP contribution in [0.2, 0.25) is 0 Å². The summed E-state index contributed by atoms with van der Waals surface area (Å²) in [6, 6.07) is 19.5. The zero-order chi connectivity index (χ0) is 24.8. The van der Waals surface area contributed by atoms with E-state index in [9.17, 15) is 0 Å². The third-order valence-electron chi connectivity index (χ3n) is 5.27. The minimum atomic E-state index is 0.442. The highest BCUT2D eigenvalue weighted by Crippen LogP contribution is 2.38. The summed E-state index contributed by atoms with van der Waals surface area (Å²) in [6.07, 6.45) is 3.72. The minimum absolute atomic E-state index is 0.442. The van der Waals surface area contributed by atoms with Gasteiger partial charge < -0.3 is 24.8 Å². The number of nitrogens with one attached hydrogen (secondary N) is 2. The summed E-state index contributed by atoms with van der Waals surface area (Å²) in [5, 5.41) is 7.72. The number of thiocarbonyl (C=S) groups is 1. The summed E-state index contributed by atoms with van der Waals surface area (Å²) >= 11 is 5.54. The van der Waals surface area contributed by atoms with Gasteiger partial charge in [-0.3, -0.25) is 0 Å². The molecule has 0 amide bonds. The average molecular weight is 487 g/mol. The maximum Gasteiger partial charge on any atom is 0.203 e. The van der Waals surface area contributed by atoms with Crippen molar-refractivity contribution in [2.24, 2.45) is 0 Å². The fourth-order valence-electron chi connectivity index (χ4n) is 3.54. The lowest BCUT2D eigenvalue weighted by Gasteiger charge is -2.13. The SMILES string of the molecule is COc1cc(/C=C/c2nc(NC(=S)Nc3ccc(C)cc3)c3ccccc3n2)cc(OC)c1OC. The number of hydrogen-bond acceptors (Lipinski definition) is 6. The first-order valence-electron chi connectivity index (χ1n) is 10.9. The second-order valence-corrected chi connectivity index (χ2v) is 8.09. The standard InChI is InChI=1S/C27H26N4O3S/c1-17-9-12-19(13-10-17)28-27(35)31-26-20-7-5-6-8-21(20)29-24(30-26)14-11-18-15-22(32-2)25(34-4)23(16-18)33-3/h5-16H,1-4H3,(H2,28,29,30,31,35)/b14-11+. The molecule has 0 atom stereocenters. The van der Waals surface area contributed by atoms with Gasteiger partial charge in [-0.25, -0.2) is 9.97 Å². The van der Waals surface area contributed by atoms with Crippen LogP contribution in [0.25, 0.3) is 23.1 Å². The van der Waals surface area contributed by atoms with Crippen LogP contribution in [0.3, 0.4) is 0 Å².